The van der Waals surface area contributed by atoms with Crippen LogP contribution in [-0.2, 0) is 14.3 Å². The van der Waals surface area contributed by atoms with E-state index in [1.807, 2.05) is 38.1 Å². The second-order valence-electron chi connectivity index (χ2n) is 10.3. The minimum absolute atomic E-state index is 0.00659. The number of benzene rings is 2. The SMILES string of the molecule is CC(C)C(CC(=O)NC(C)(CC(=O)O)C1CC1)NC(=O)OCC1c2ccccc2-c2ccccc21. The number of carboxylic acid groups (broad SMARTS) is 1. The number of fused-ring (bicyclic) bond motifs is 3. The van der Waals surface area contributed by atoms with E-state index < -0.39 is 23.6 Å². The summed E-state index contributed by atoms with van der Waals surface area (Å²) in [6, 6.07) is 15.9. The van der Waals surface area contributed by atoms with Crippen molar-refractivity contribution in [3.8, 4) is 11.1 Å². The zero-order chi connectivity index (χ0) is 25.2. The number of carboxylic acids is 1. The Hall–Kier alpha value is -3.35. The molecule has 0 bridgehead atoms. The molecule has 0 spiro atoms. The van der Waals surface area contributed by atoms with Crippen LogP contribution >= 0.6 is 0 Å². The third-order valence-electron chi connectivity index (χ3n) is 7.28. The highest BCUT2D eigenvalue weighted by Crippen LogP contribution is 2.44. The molecule has 0 saturated heterocycles. The monoisotopic (exact) mass is 478 g/mol. The normalized spacial score (nSPS) is 17.1. The second-order valence-corrected chi connectivity index (χ2v) is 10.3. The molecule has 0 aromatic heterocycles. The molecule has 2 amide bonds. The van der Waals surface area contributed by atoms with Crippen molar-refractivity contribution in [2.75, 3.05) is 6.61 Å². The van der Waals surface area contributed by atoms with Gasteiger partial charge in [-0.15, -0.1) is 0 Å². The highest BCUT2D eigenvalue weighted by Gasteiger charge is 2.44. The maximum atomic E-state index is 12.8. The molecule has 2 aliphatic carbocycles. The molecule has 0 aliphatic heterocycles. The average Bonchev–Trinajstić information content (AvgIpc) is 3.61. The highest BCUT2D eigenvalue weighted by atomic mass is 16.5. The third-order valence-corrected chi connectivity index (χ3v) is 7.28. The molecule has 7 heteroatoms. The summed E-state index contributed by atoms with van der Waals surface area (Å²) >= 11 is 0. The zero-order valence-corrected chi connectivity index (χ0v) is 20.5. The zero-order valence-electron chi connectivity index (χ0n) is 20.5. The maximum Gasteiger partial charge on any atom is 0.407 e. The Morgan fingerprint density at radius 2 is 1.60 bits per heavy atom. The van der Waals surface area contributed by atoms with Crippen molar-refractivity contribution in [3.05, 3.63) is 59.7 Å². The Balaban J connectivity index is 1.36. The van der Waals surface area contributed by atoms with Crippen molar-refractivity contribution in [2.24, 2.45) is 11.8 Å². The van der Waals surface area contributed by atoms with E-state index in [1.165, 1.54) is 0 Å². The molecule has 2 aromatic carbocycles. The topological polar surface area (TPSA) is 105 Å². The van der Waals surface area contributed by atoms with E-state index in [-0.39, 0.29) is 43.1 Å². The summed E-state index contributed by atoms with van der Waals surface area (Å²) < 4.78 is 5.64. The smallest absolute Gasteiger partial charge is 0.407 e. The molecule has 4 rings (SSSR count). The van der Waals surface area contributed by atoms with E-state index in [2.05, 4.69) is 34.9 Å². The van der Waals surface area contributed by atoms with Crippen molar-refractivity contribution in [1.82, 2.24) is 10.6 Å². The fraction of sp³-hybridized carbons (Fsp3) is 0.464. The minimum atomic E-state index is -0.933. The van der Waals surface area contributed by atoms with Crippen LogP contribution in [0.1, 0.15) is 63.5 Å². The predicted octanol–water partition coefficient (Wildman–Crippen LogP) is 4.70. The van der Waals surface area contributed by atoms with Crippen molar-refractivity contribution in [1.29, 1.82) is 0 Å². The lowest BCUT2D eigenvalue weighted by Gasteiger charge is -2.31. The number of alkyl carbamates (subject to hydrolysis) is 1. The molecular weight excluding hydrogens is 444 g/mol. The number of hydrogen-bond acceptors (Lipinski definition) is 4. The van der Waals surface area contributed by atoms with Crippen molar-refractivity contribution >= 4 is 18.0 Å². The predicted molar refractivity (Wildman–Crippen MR) is 133 cm³/mol. The standard InChI is InChI=1S/C28H34N2O5/c1-17(2)24(14-25(31)30-28(3,15-26(32)33)18-12-13-18)29-27(34)35-16-23-21-10-6-4-8-19(21)20-9-5-7-11-22(20)23/h4-11,17-18,23-24H,12-16H2,1-3H3,(H,29,34)(H,30,31)(H,32,33). The van der Waals surface area contributed by atoms with Gasteiger partial charge in [-0.05, 0) is 53.9 Å². The Bertz CT molecular complexity index is 1060. The lowest BCUT2D eigenvalue weighted by molar-refractivity contribution is -0.139. The van der Waals surface area contributed by atoms with E-state index in [1.54, 1.807) is 6.92 Å². The fourth-order valence-electron chi connectivity index (χ4n) is 5.14. The average molecular weight is 479 g/mol. The van der Waals surface area contributed by atoms with E-state index in [0.29, 0.717) is 0 Å². The number of aliphatic carboxylic acids is 1. The van der Waals surface area contributed by atoms with Crippen LogP contribution in [0.15, 0.2) is 48.5 Å². The van der Waals surface area contributed by atoms with Crippen LogP contribution in [0.2, 0.25) is 0 Å². The van der Waals surface area contributed by atoms with Crippen LogP contribution in [-0.4, -0.2) is 41.3 Å². The van der Waals surface area contributed by atoms with Gasteiger partial charge < -0.3 is 20.5 Å². The van der Waals surface area contributed by atoms with E-state index in [0.717, 1.165) is 35.1 Å². The molecule has 7 nitrogen and oxygen atoms in total. The highest BCUT2D eigenvalue weighted by molar-refractivity contribution is 5.80. The van der Waals surface area contributed by atoms with Crippen LogP contribution in [0.4, 0.5) is 4.79 Å². The van der Waals surface area contributed by atoms with E-state index in [4.69, 9.17) is 4.74 Å². The Kier molecular flexibility index (Phi) is 7.15. The minimum Gasteiger partial charge on any atom is -0.481 e. The quantitative estimate of drug-likeness (QED) is 0.459. The summed E-state index contributed by atoms with van der Waals surface area (Å²) in [7, 11) is 0. The molecule has 0 radical (unpaired) electrons. The van der Waals surface area contributed by atoms with Gasteiger partial charge in [0.25, 0.3) is 0 Å². The Labute approximate surface area is 206 Å². The number of carbonyl (C=O) groups excluding carboxylic acids is 2. The second kappa shape index (κ2) is 10.1. The first-order chi connectivity index (χ1) is 16.7. The molecular formula is C28H34N2O5. The summed E-state index contributed by atoms with van der Waals surface area (Å²) in [5.41, 5.74) is 3.83. The van der Waals surface area contributed by atoms with Gasteiger partial charge in [-0.2, -0.15) is 0 Å². The first-order valence-corrected chi connectivity index (χ1v) is 12.3. The van der Waals surface area contributed by atoms with Gasteiger partial charge in [0.2, 0.25) is 5.91 Å². The van der Waals surface area contributed by atoms with Gasteiger partial charge in [0.15, 0.2) is 0 Å². The van der Waals surface area contributed by atoms with Crippen LogP contribution < -0.4 is 10.6 Å². The summed E-state index contributed by atoms with van der Waals surface area (Å²) in [5, 5.41) is 15.1. The fourth-order valence-corrected chi connectivity index (χ4v) is 5.14. The number of hydrogen-bond donors (Lipinski definition) is 3. The molecule has 2 atom stereocenters. The lowest BCUT2D eigenvalue weighted by Crippen LogP contribution is -2.51. The summed E-state index contributed by atoms with van der Waals surface area (Å²) in [6.07, 6.45) is 1.21. The third kappa shape index (κ3) is 5.66. The first-order valence-electron chi connectivity index (χ1n) is 12.3. The van der Waals surface area contributed by atoms with Crippen LogP contribution in [0.5, 0.6) is 0 Å². The van der Waals surface area contributed by atoms with Gasteiger partial charge in [-0.1, -0.05) is 62.4 Å². The number of amides is 2. The van der Waals surface area contributed by atoms with Crippen molar-refractivity contribution < 1.29 is 24.2 Å². The lowest BCUT2D eigenvalue weighted by atomic mass is 9.90. The largest absolute Gasteiger partial charge is 0.481 e. The van der Waals surface area contributed by atoms with E-state index in [9.17, 15) is 19.5 Å². The van der Waals surface area contributed by atoms with Gasteiger partial charge in [0.1, 0.15) is 6.61 Å². The molecule has 2 aromatic rings. The summed E-state index contributed by atoms with van der Waals surface area (Å²) in [6.45, 7) is 5.85. The molecule has 1 fully saturated rings. The molecule has 186 valence electrons. The molecule has 3 N–H and O–H groups in total. The number of carbonyl (C=O) groups is 3. The molecule has 2 unspecified atom stereocenters. The molecule has 1 saturated carbocycles. The van der Waals surface area contributed by atoms with Crippen LogP contribution in [0.3, 0.4) is 0 Å². The molecule has 0 heterocycles. The van der Waals surface area contributed by atoms with Crippen molar-refractivity contribution in [2.45, 2.75) is 64.0 Å². The van der Waals surface area contributed by atoms with Gasteiger partial charge in [0.05, 0.1) is 12.0 Å². The molecule has 35 heavy (non-hydrogen) atoms. The Morgan fingerprint density at radius 1 is 1.03 bits per heavy atom. The number of nitrogens with one attached hydrogen (secondary N) is 2. The first kappa shape index (κ1) is 24.8. The molecule has 2 aliphatic rings. The summed E-state index contributed by atoms with van der Waals surface area (Å²) in [5.74, 6) is -1.07. The van der Waals surface area contributed by atoms with Crippen LogP contribution in [0.25, 0.3) is 11.1 Å². The number of ether oxygens (including phenoxy) is 1. The van der Waals surface area contributed by atoms with Gasteiger partial charge in [-0.3, -0.25) is 9.59 Å². The van der Waals surface area contributed by atoms with Crippen LogP contribution in [0, 0.1) is 11.8 Å². The maximum absolute atomic E-state index is 12.8. The van der Waals surface area contributed by atoms with Gasteiger partial charge >= 0.3 is 12.1 Å². The van der Waals surface area contributed by atoms with Crippen molar-refractivity contribution in [3.63, 3.8) is 0 Å². The van der Waals surface area contributed by atoms with Gasteiger partial charge in [0, 0.05) is 18.4 Å². The van der Waals surface area contributed by atoms with Gasteiger partial charge in [-0.25, -0.2) is 4.79 Å². The Morgan fingerprint density at radius 3 is 2.11 bits per heavy atom. The van der Waals surface area contributed by atoms with E-state index >= 15 is 0 Å². The summed E-state index contributed by atoms with van der Waals surface area (Å²) in [4.78, 5) is 36.9. The number of rotatable bonds is 10.